The van der Waals surface area contributed by atoms with Gasteiger partial charge >= 0.3 is 6.18 Å². The summed E-state index contributed by atoms with van der Waals surface area (Å²) in [6.45, 7) is 0.924. The molecule has 1 aromatic heterocycles. The first-order valence-electron chi connectivity index (χ1n) is 11.0. The summed E-state index contributed by atoms with van der Waals surface area (Å²) >= 11 is 0. The van der Waals surface area contributed by atoms with Gasteiger partial charge in [0.15, 0.2) is 0 Å². The highest BCUT2D eigenvalue weighted by Crippen LogP contribution is 2.36. The zero-order valence-electron chi connectivity index (χ0n) is 19.0. The fraction of sp³-hybridized carbons (Fsp3) is 0.360. The number of amides is 1. The Bertz CT molecular complexity index is 1170. The average molecular weight is 473 g/mol. The molecule has 6 nitrogen and oxygen atoms in total. The second-order valence-corrected chi connectivity index (χ2v) is 8.19. The summed E-state index contributed by atoms with van der Waals surface area (Å²) in [5.74, 6) is 0.997. The quantitative estimate of drug-likeness (QED) is 0.534. The SMILES string of the molecule is CNC(=O)C1CCN(c2cc(-c3ccc(OCCC(F)(F)F)cc3)nc3cc(OC)ccc23)C1. The molecule has 1 fully saturated rings. The van der Waals surface area contributed by atoms with E-state index in [0.29, 0.717) is 23.7 Å². The van der Waals surface area contributed by atoms with Crippen LogP contribution < -0.4 is 19.7 Å². The lowest BCUT2D eigenvalue weighted by Crippen LogP contribution is -2.30. The van der Waals surface area contributed by atoms with Gasteiger partial charge in [-0.25, -0.2) is 4.98 Å². The number of anilines is 1. The fourth-order valence-electron chi connectivity index (χ4n) is 4.13. The molecule has 1 saturated heterocycles. The molecule has 9 heteroatoms. The van der Waals surface area contributed by atoms with Crippen molar-refractivity contribution < 1.29 is 27.4 Å². The summed E-state index contributed by atoms with van der Waals surface area (Å²) in [5.41, 5.74) is 3.23. The number of nitrogens with zero attached hydrogens (tertiary/aromatic N) is 2. The standard InChI is InChI=1S/C25H26F3N3O3/c1-29-24(32)17-9-11-31(15-17)23-14-21(30-22-13-19(33-2)7-8-20(22)23)16-3-5-18(6-4-16)34-12-10-25(26,27)28/h3-8,13-14,17H,9-12,15H2,1-2H3,(H,29,32). The van der Waals surface area contributed by atoms with Crippen LogP contribution in [0.2, 0.25) is 0 Å². The maximum absolute atomic E-state index is 12.4. The molecule has 0 saturated carbocycles. The van der Waals surface area contributed by atoms with Gasteiger partial charge in [-0.05, 0) is 48.9 Å². The topological polar surface area (TPSA) is 63.7 Å². The van der Waals surface area contributed by atoms with Crippen molar-refractivity contribution in [1.29, 1.82) is 0 Å². The Balaban J connectivity index is 1.64. The smallest absolute Gasteiger partial charge is 0.392 e. The van der Waals surface area contributed by atoms with Gasteiger partial charge in [0.25, 0.3) is 0 Å². The van der Waals surface area contributed by atoms with Crippen LogP contribution in [0.1, 0.15) is 12.8 Å². The highest BCUT2D eigenvalue weighted by molar-refractivity contribution is 5.95. The summed E-state index contributed by atoms with van der Waals surface area (Å²) in [5, 5.41) is 3.68. The van der Waals surface area contributed by atoms with Crippen molar-refractivity contribution in [2.75, 3.05) is 38.8 Å². The Hall–Kier alpha value is -3.49. The number of carbonyl (C=O) groups excluding carboxylic acids is 1. The predicted molar refractivity (Wildman–Crippen MR) is 124 cm³/mol. The molecule has 0 bridgehead atoms. The number of hydrogen-bond acceptors (Lipinski definition) is 5. The minimum atomic E-state index is -4.25. The Kier molecular flexibility index (Phi) is 6.81. The lowest BCUT2D eigenvalue weighted by Gasteiger charge is -2.22. The van der Waals surface area contributed by atoms with Gasteiger partial charge < -0.3 is 19.7 Å². The Morgan fingerprint density at radius 3 is 2.56 bits per heavy atom. The number of benzene rings is 2. The lowest BCUT2D eigenvalue weighted by atomic mass is 10.1. The first-order chi connectivity index (χ1) is 16.3. The van der Waals surface area contributed by atoms with Crippen molar-refractivity contribution in [1.82, 2.24) is 10.3 Å². The van der Waals surface area contributed by atoms with Gasteiger partial charge in [0.1, 0.15) is 11.5 Å². The molecule has 2 aromatic carbocycles. The molecule has 1 amide bonds. The van der Waals surface area contributed by atoms with E-state index in [0.717, 1.165) is 35.1 Å². The molecule has 3 aromatic rings. The summed E-state index contributed by atoms with van der Waals surface area (Å²) in [6, 6.07) is 14.5. The second-order valence-electron chi connectivity index (χ2n) is 8.19. The molecule has 180 valence electrons. The maximum Gasteiger partial charge on any atom is 0.392 e. The van der Waals surface area contributed by atoms with E-state index in [2.05, 4.69) is 10.2 Å². The molecule has 0 aliphatic carbocycles. The molecule has 2 heterocycles. The van der Waals surface area contributed by atoms with Crippen LogP contribution in [0.15, 0.2) is 48.5 Å². The third kappa shape index (κ3) is 5.35. The molecule has 1 unspecified atom stereocenters. The fourth-order valence-corrected chi connectivity index (χ4v) is 4.13. The van der Waals surface area contributed by atoms with Gasteiger partial charge in [0, 0.05) is 42.8 Å². The highest BCUT2D eigenvalue weighted by atomic mass is 19.4. The van der Waals surface area contributed by atoms with E-state index in [4.69, 9.17) is 14.5 Å². The van der Waals surface area contributed by atoms with Gasteiger partial charge in [0.05, 0.1) is 37.3 Å². The third-order valence-corrected chi connectivity index (χ3v) is 5.95. The third-order valence-electron chi connectivity index (χ3n) is 5.95. The van der Waals surface area contributed by atoms with Crippen molar-refractivity contribution in [3.63, 3.8) is 0 Å². The van der Waals surface area contributed by atoms with E-state index in [1.807, 2.05) is 24.3 Å². The molecule has 4 rings (SSSR count). The van der Waals surface area contributed by atoms with Crippen LogP contribution in [-0.2, 0) is 4.79 Å². The molecular weight excluding hydrogens is 447 g/mol. The van der Waals surface area contributed by atoms with Crippen molar-refractivity contribution in [2.45, 2.75) is 19.0 Å². The van der Waals surface area contributed by atoms with Crippen LogP contribution >= 0.6 is 0 Å². The monoisotopic (exact) mass is 473 g/mol. The van der Waals surface area contributed by atoms with Gasteiger partial charge in [-0.1, -0.05) is 0 Å². The van der Waals surface area contributed by atoms with Crippen molar-refractivity contribution in [3.8, 4) is 22.8 Å². The Morgan fingerprint density at radius 1 is 1.15 bits per heavy atom. The predicted octanol–water partition coefficient (Wildman–Crippen LogP) is 4.81. The summed E-state index contributed by atoms with van der Waals surface area (Å²) < 4.78 is 47.7. The van der Waals surface area contributed by atoms with E-state index in [1.54, 1.807) is 38.4 Å². The van der Waals surface area contributed by atoms with Crippen molar-refractivity contribution in [2.24, 2.45) is 5.92 Å². The Morgan fingerprint density at radius 2 is 1.88 bits per heavy atom. The van der Waals surface area contributed by atoms with Gasteiger partial charge in [-0.15, -0.1) is 0 Å². The van der Waals surface area contributed by atoms with Crippen molar-refractivity contribution in [3.05, 3.63) is 48.5 Å². The largest absolute Gasteiger partial charge is 0.497 e. The lowest BCUT2D eigenvalue weighted by molar-refractivity contribution is -0.139. The van der Waals surface area contributed by atoms with Crippen molar-refractivity contribution >= 4 is 22.5 Å². The molecule has 1 aliphatic rings. The van der Waals surface area contributed by atoms with E-state index in [1.165, 1.54) is 0 Å². The van der Waals surface area contributed by atoms with Crippen LogP contribution in [0.4, 0.5) is 18.9 Å². The molecule has 1 N–H and O–H groups in total. The number of ether oxygens (including phenoxy) is 2. The van der Waals surface area contributed by atoms with E-state index >= 15 is 0 Å². The molecule has 1 aliphatic heterocycles. The number of fused-ring (bicyclic) bond motifs is 1. The number of hydrogen-bond donors (Lipinski definition) is 1. The van der Waals surface area contributed by atoms with Crippen LogP contribution in [0, 0.1) is 5.92 Å². The summed E-state index contributed by atoms with van der Waals surface area (Å²) in [7, 11) is 3.24. The Labute approximate surface area is 195 Å². The van der Waals surface area contributed by atoms with E-state index < -0.39 is 19.2 Å². The van der Waals surface area contributed by atoms with E-state index in [9.17, 15) is 18.0 Å². The van der Waals surface area contributed by atoms with Gasteiger partial charge in [-0.2, -0.15) is 13.2 Å². The first-order valence-corrected chi connectivity index (χ1v) is 11.0. The number of methoxy groups -OCH3 is 1. The molecule has 1 atom stereocenters. The van der Waals surface area contributed by atoms with Crippen LogP contribution in [0.3, 0.4) is 0 Å². The molecule has 0 radical (unpaired) electrons. The minimum absolute atomic E-state index is 0.0314. The highest BCUT2D eigenvalue weighted by Gasteiger charge is 2.29. The van der Waals surface area contributed by atoms with Crippen LogP contribution in [0.5, 0.6) is 11.5 Å². The molecular formula is C25H26F3N3O3. The number of alkyl halides is 3. The molecule has 34 heavy (non-hydrogen) atoms. The number of carbonyl (C=O) groups is 1. The number of aromatic nitrogens is 1. The van der Waals surface area contributed by atoms with Gasteiger partial charge in [0.2, 0.25) is 5.91 Å². The summed E-state index contributed by atoms with van der Waals surface area (Å²) in [4.78, 5) is 19.1. The van der Waals surface area contributed by atoms with Gasteiger partial charge in [-0.3, -0.25) is 4.79 Å². The van der Waals surface area contributed by atoms with Crippen LogP contribution in [0.25, 0.3) is 22.2 Å². The molecule has 0 spiro atoms. The number of halogens is 3. The minimum Gasteiger partial charge on any atom is -0.497 e. The van der Waals surface area contributed by atoms with Crippen LogP contribution in [-0.4, -0.2) is 50.9 Å². The first kappa shape index (κ1) is 23.7. The number of nitrogens with one attached hydrogen (secondary N) is 1. The zero-order chi connectivity index (χ0) is 24.3. The number of pyridine rings is 1. The second kappa shape index (κ2) is 9.79. The average Bonchev–Trinajstić information content (AvgIpc) is 3.32. The zero-order valence-corrected chi connectivity index (χ0v) is 19.0. The number of rotatable bonds is 7. The van der Waals surface area contributed by atoms with E-state index in [-0.39, 0.29) is 11.8 Å². The maximum atomic E-state index is 12.4. The summed E-state index contributed by atoms with van der Waals surface area (Å²) in [6.07, 6.45) is -4.49. The normalized spacial score (nSPS) is 16.0.